The summed E-state index contributed by atoms with van der Waals surface area (Å²) in [5.41, 5.74) is 0. The van der Waals surface area contributed by atoms with E-state index in [0.717, 1.165) is 12.8 Å². The average Bonchev–Trinajstić information content (AvgIpc) is 2.71. The molecule has 0 aromatic rings. The Labute approximate surface area is 184 Å². The van der Waals surface area contributed by atoms with E-state index in [-0.39, 0.29) is 43.6 Å². The van der Waals surface area contributed by atoms with Crippen LogP contribution in [-0.4, -0.2) is 101 Å². The lowest BCUT2D eigenvalue weighted by atomic mass is 9.92. The van der Waals surface area contributed by atoms with E-state index in [1.807, 2.05) is 13.8 Å². The van der Waals surface area contributed by atoms with Crippen molar-refractivity contribution in [3.05, 3.63) is 0 Å². The van der Waals surface area contributed by atoms with E-state index in [2.05, 4.69) is 5.32 Å². The zero-order chi connectivity index (χ0) is 22.7. The van der Waals surface area contributed by atoms with Gasteiger partial charge in [-0.2, -0.15) is 0 Å². The summed E-state index contributed by atoms with van der Waals surface area (Å²) in [5, 5.41) is 11.4. The minimum Gasteiger partial charge on any atom is -0.481 e. The Morgan fingerprint density at radius 3 is 1.81 bits per heavy atom. The third-order valence-corrected chi connectivity index (χ3v) is 4.56. The van der Waals surface area contributed by atoms with Gasteiger partial charge in [0.25, 0.3) is 0 Å². The van der Waals surface area contributed by atoms with E-state index in [4.69, 9.17) is 33.5 Å². The van der Waals surface area contributed by atoms with Crippen LogP contribution in [0, 0.1) is 0 Å². The predicted octanol–water partition coefficient (Wildman–Crippen LogP) is 1.01. The van der Waals surface area contributed by atoms with E-state index < -0.39 is 5.97 Å². The molecule has 0 heterocycles. The fraction of sp³-hybridized carbons (Fsp3) is 0.905. The number of aliphatic carboxylic acids is 1. The van der Waals surface area contributed by atoms with Crippen LogP contribution in [-0.2, 0) is 38.0 Å². The quantitative estimate of drug-likeness (QED) is 0.247. The van der Waals surface area contributed by atoms with Gasteiger partial charge in [-0.1, -0.05) is 0 Å². The molecule has 0 radical (unpaired) electrons. The van der Waals surface area contributed by atoms with Crippen LogP contribution in [0.3, 0.4) is 0 Å². The number of amides is 1. The first kappa shape index (κ1) is 27.7. The maximum Gasteiger partial charge on any atom is 0.305 e. The minimum absolute atomic E-state index is 0.00837. The summed E-state index contributed by atoms with van der Waals surface area (Å²) < 4.78 is 32.7. The Balaban J connectivity index is 1.92. The largest absolute Gasteiger partial charge is 0.481 e. The lowest BCUT2D eigenvalue weighted by molar-refractivity contribution is -0.139. The lowest BCUT2D eigenvalue weighted by Gasteiger charge is -2.34. The van der Waals surface area contributed by atoms with Crippen LogP contribution in [0.5, 0.6) is 0 Å². The van der Waals surface area contributed by atoms with Crippen molar-refractivity contribution in [2.24, 2.45) is 0 Å². The number of carbonyl (C=O) groups is 2. The third-order valence-electron chi connectivity index (χ3n) is 4.56. The van der Waals surface area contributed by atoms with Crippen LogP contribution in [0.4, 0.5) is 0 Å². The number of carboxylic acids is 1. The third kappa shape index (κ3) is 15.2. The van der Waals surface area contributed by atoms with Gasteiger partial charge in [-0.05, 0) is 26.7 Å². The molecule has 0 spiro atoms. The van der Waals surface area contributed by atoms with E-state index in [9.17, 15) is 9.59 Å². The summed E-state index contributed by atoms with van der Waals surface area (Å²) in [4.78, 5) is 22.4. The van der Waals surface area contributed by atoms with Crippen molar-refractivity contribution in [2.45, 2.75) is 57.8 Å². The molecule has 1 fully saturated rings. The number of rotatable bonds is 21. The van der Waals surface area contributed by atoms with Crippen LogP contribution in [0.15, 0.2) is 0 Å². The maximum atomic E-state index is 12.0. The van der Waals surface area contributed by atoms with Crippen LogP contribution in [0.1, 0.15) is 39.5 Å². The highest BCUT2D eigenvalue weighted by molar-refractivity contribution is 5.76. The molecule has 0 unspecified atom stereocenters. The van der Waals surface area contributed by atoms with E-state index >= 15 is 0 Å². The van der Waals surface area contributed by atoms with Gasteiger partial charge in [0.1, 0.15) is 0 Å². The molecule has 0 bridgehead atoms. The Morgan fingerprint density at radius 2 is 1.32 bits per heavy atom. The molecule has 0 saturated heterocycles. The molecule has 2 N–H and O–H groups in total. The normalized spacial score (nSPS) is 18.2. The van der Waals surface area contributed by atoms with Crippen molar-refractivity contribution < 1.29 is 43.1 Å². The standard InChI is InChI=1S/C21H39NO9/c1-3-26-15-17(16-27-4-2)22-20(23)5-7-28-9-11-30-18-13-19(14-18)31-12-10-29-8-6-21(24)25/h17-19H,3-16H2,1-2H3,(H,22,23)(H,24,25). The molecule has 0 atom stereocenters. The Morgan fingerprint density at radius 1 is 0.806 bits per heavy atom. The molecule has 10 nitrogen and oxygen atoms in total. The number of carboxylic acid groups (broad SMARTS) is 1. The molecule has 1 rings (SSSR count). The number of nitrogens with one attached hydrogen (secondary N) is 1. The number of carbonyl (C=O) groups excluding carboxylic acids is 1. The topological polar surface area (TPSA) is 122 Å². The Kier molecular flexibility index (Phi) is 16.4. The fourth-order valence-corrected chi connectivity index (χ4v) is 2.82. The highest BCUT2D eigenvalue weighted by Gasteiger charge is 2.30. The van der Waals surface area contributed by atoms with Gasteiger partial charge >= 0.3 is 5.97 Å². The van der Waals surface area contributed by atoms with Crippen molar-refractivity contribution >= 4 is 11.9 Å². The van der Waals surface area contributed by atoms with Gasteiger partial charge in [0.2, 0.25) is 5.91 Å². The second-order valence-electron chi connectivity index (χ2n) is 7.16. The molecule has 1 saturated carbocycles. The summed E-state index contributed by atoms with van der Waals surface area (Å²) in [5.74, 6) is -0.952. The van der Waals surface area contributed by atoms with Crippen LogP contribution in [0.25, 0.3) is 0 Å². The molecular weight excluding hydrogens is 410 g/mol. The van der Waals surface area contributed by atoms with Gasteiger partial charge in [0.05, 0.1) is 77.5 Å². The van der Waals surface area contributed by atoms with E-state index in [1.54, 1.807) is 0 Å². The molecule has 1 aliphatic carbocycles. The number of hydrogen-bond acceptors (Lipinski definition) is 8. The molecule has 1 aliphatic rings. The molecular formula is C21H39NO9. The second kappa shape index (κ2) is 18.3. The molecule has 0 aromatic heterocycles. The van der Waals surface area contributed by atoms with Gasteiger partial charge in [-0.25, -0.2) is 0 Å². The Bertz CT molecular complexity index is 464. The van der Waals surface area contributed by atoms with Crippen molar-refractivity contribution in [3.8, 4) is 0 Å². The fourth-order valence-electron chi connectivity index (χ4n) is 2.82. The van der Waals surface area contributed by atoms with Gasteiger partial charge in [-0.3, -0.25) is 9.59 Å². The lowest BCUT2D eigenvalue weighted by Crippen LogP contribution is -2.42. The molecule has 0 aromatic carbocycles. The SMILES string of the molecule is CCOCC(COCC)NC(=O)CCOCCOC1CC(OCCOCCC(=O)O)C1. The molecule has 10 heteroatoms. The summed E-state index contributed by atoms with van der Waals surface area (Å²) in [7, 11) is 0. The van der Waals surface area contributed by atoms with Gasteiger partial charge < -0.3 is 38.8 Å². The number of hydrogen-bond donors (Lipinski definition) is 2. The predicted molar refractivity (Wildman–Crippen MR) is 112 cm³/mol. The highest BCUT2D eigenvalue weighted by atomic mass is 16.5. The van der Waals surface area contributed by atoms with Crippen LogP contribution < -0.4 is 5.32 Å². The second-order valence-corrected chi connectivity index (χ2v) is 7.16. The Hall–Kier alpha value is -1.30. The van der Waals surface area contributed by atoms with Crippen molar-refractivity contribution in [2.75, 3.05) is 66.1 Å². The van der Waals surface area contributed by atoms with Gasteiger partial charge in [0, 0.05) is 19.6 Å². The van der Waals surface area contributed by atoms with E-state index in [1.165, 1.54) is 0 Å². The van der Waals surface area contributed by atoms with Crippen molar-refractivity contribution in [1.82, 2.24) is 5.32 Å². The van der Waals surface area contributed by atoms with Crippen LogP contribution >= 0.6 is 0 Å². The van der Waals surface area contributed by atoms with Gasteiger partial charge in [-0.15, -0.1) is 0 Å². The minimum atomic E-state index is -0.865. The molecule has 182 valence electrons. The zero-order valence-electron chi connectivity index (χ0n) is 18.8. The summed E-state index contributed by atoms with van der Waals surface area (Å²) in [6.07, 6.45) is 2.29. The summed E-state index contributed by atoms with van der Waals surface area (Å²) in [6, 6.07) is -0.152. The van der Waals surface area contributed by atoms with Gasteiger partial charge in [0.15, 0.2) is 0 Å². The number of ether oxygens (including phenoxy) is 6. The van der Waals surface area contributed by atoms with Crippen molar-refractivity contribution in [1.29, 1.82) is 0 Å². The van der Waals surface area contributed by atoms with Crippen molar-refractivity contribution in [3.63, 3.8) is 0 Å². The van der Waals surface area contributed by atoms with Crippen LogP contribution in [0.2, 0.25) is 0 Å². The first-order chi connectivity index (χ1) is 15.0. The average molecular weight is 450 g/mol. The first-order valence-electron chi connectivity index (χ1n) is 11.1. The molecule has 0 aliphatic heterocycles. The first-order valence-corrected chi connectivity index (χ1v) is 11.1. The smallest absolute Gasteiger partial charge is 0.305 e. The zero-order valence-corrected chi connectivity index (χ0v) is 18.8. The van der Waals surface area contributed by atoms with E-state index in [0.29, 0.717) is 59.5 Å². The summed E-state index contributed by atoms with van der Waals surface area (Å²) >= 11 is 0. The highest BCUT2D eigenvalue weighted by Crippen LogP contribution is 2.26. The molecule has 31 heavy (non-hydrogen) atoms. The maximum absolute atomic E-state index is 12.0. The summed E-state index contributed by atoms with van der Waals surface area (Å²) in [6.45, 7) is 8.19. The molecule has 1 amide bonds. The monoisotopic (exact) mass is 449 g/mol.